The molecule has 1 aromatic rings. The van der Waals surface area contributed by atoms with Gasteiger partial charge in [0.25, 0.3) is 5.89 Å². The summed E-state index contributed by atoms with van der Waals surface area (Å²) in [5, 5.41) is 11.2. The lowest BCUT2D eigenvalue weighted by Gasteiger charge is -2.43. The first kappa shape index (κ1) is 15.5. The second-order valence-corrected chi connectivity index (χ2v) is 7.46. The SMILES string of the molecule is C1CO[C@H](c2nc(CNC3CCC4(CCNCC4)CC3)no2)C1. The molecule has 0 radical (unpaired) electrons. The minimum atomic E-state index is 0.0192. The van der Waals surface area contributed by atoms with E-state index >= 15 is 0 Å². The molecule has 0 unspecified atom stereocenters. The number of piperidine rings is 1. The van der Waals surface area contributed by atoms with Crippen LogP contribution >= 0.6 is 0 Å². The highest BCUT2D eigenvalue weighted by Gasteiger charge is 2.36. The fourth-order valence-corrected chi connectivity index (χ4v) is 4.37. The smallest absolute Gasteiger partial charge is 0.255 e. The molecule has 4 rings (SSSR count). The van der Waals surface area contributed by atoms with E-state index in [4.69, 9.17) is 9.26 Å². The number of hydrogen-bond acceptors (Lipinski definition) is 6. The molecule has 1 spiro atoms. The van der Waals surface area contributed by atoms with Gasteiger partial charge >= 0.3 is 0 Å². The van der Waals surface area contributed by atoms with Gasteiger partial charge in [-0.3, -0.25) is 0 Å². The third-order valence-corrected chi connectivity index (χ3v) is 5.95. The summed E-state index contributed by atoms with van der Waals surface area (Å²) in [7, 11) is 0. The number of nitrogens with one attached hydrogen (secondary N) is 2. The van der Waals surface area contributed by atoms with Crippen LogP contribution < -0.4 is 10.6 Å². The van der Waals surface area contributed by atoms with E-state index in [1.807, 2.05) is 0 Å². The molecule has 2 aliphatic heterocycles. The van der Waals surface area contributed by atoms with Gasteiger partial charge in [0, 0.05) is 12.6 Å². The van der Waals surface area contributed by atoms with Crippen molar-refractivity contribution >= 4 is 0 Å². The van der Waals surface area contributed by atoms with Crippen LogP contribution in [0.1, 0.15) is 69.2 Å². The molecule has 3 fully saturated rings. The zero-order valence-electron chi connectivity index (χ0n) is 13.9. The lowest BCUT2D eigenvalue weighted by Crippen LogP contribution is -2.43. The highest BCUT2D eigenvalue weighted by Crippen LogP contribution is 2.43. The Bertz CT molecular complexity index is 496. The number of nitrogens with zero attached hydrogens (tertiary/aromatic N) is 2. The lowest BCUT2D eigenvalue weighted by molar-refractivity contribution is 0.0835. The molecule has 1 saturated carbocycles. The van der Waals surface area contributed by atoms with Crippen molar-refractivity contribution in [3.05, 3.63) is 11.7 Å². The quantitative estimate of drug-likeness (QED) is 0.887. The Kier molecular flexibility index (Phi) is 4.64. The molecule has 3 aliphatic rings. The van der Waals surface area contributed by atoms with Crippen molar-refractivity contribution in [1.82, 2.24) is 20.8 Å². The summed E-state index contributed by atoms with van der Waals surface area (Å²) >= 11 is 0. The molecule has 128 valence electrons. The van der Waals surface area contributed by atoms with Crippen LogP contribution in [0, 0.1) is 5.41 Å². The molecule has 6 nitrogen and oxygen atoms in total. The Morgan fingerprint density at radius 1 is 1.13 bits per heavy atom. The molecule has 23 heavy (non-hydrogen) atoms. The van der Waals surface area contributed by atoms with Crippen molar-refractivity contribution in [2.75, 3.05) is 19.7 Å². The van der Waals surface area contributed by atoms with Gasteiger partial charge in [-0.05, 0) is 69.9 Å². The van der Waals surface area contributed by atoms with E-state index in [1.165, 1.54) is 51.6 Å². The molecular weight excluding hydrogens is 292 g/mol. The molecular formula is C17H28N4O2. The van der Waals surface area contributed by atoms with E-state index in [0.717, 1.165) is 25.3 Å². The lowest BCUT2D eigenvalue weighted by atomic mass is 9.67. The first-order valence-corrected chi connectivity index (χ1v) is 9.21. The van der Waals surface area contributed by atoms with Crippen molar-refractivity contribution in [3.8, 4) is 0 Å². The Hall–Kier alpha value is -0.980. The summed E-state index contributed by atoms with van der Waals surface area (Å²) in [4.78, 5) is 4.49. The summed E-state index contributed by atoms with van der Waals surface area (Å²) in [6.45, 7) is 3.91. The molecule has 1 aromatic heterocycles. The second kappa shape index (κ2) is 6.87. The van der Waals surface area contributed by atoms with Gasteiger partial charge in [0.1, 0.15) is 6.10 Å². The van der Waals surface area contributed by atoms with Gasteiger partial charge in [-0.1, -0.05) is 5.16 Å². The first-order valence-electron chi connectivity index (χ1n) is 9.21. The van der Waals surface area contributed by atoms with E-state index in [1.54, 1.807) is 0 Å². The maximum absolute atomic E-state index is 5.59. The van der Waals surface area contributed by atoms with Crippen molar-refractivity contribution < 1.29 is 9.26 Å². The summed E-state index contributed by atoms with van der Waals surface area (Å²) in [5.41, 5.74) is 0.628. The first-order chi connectivity index (χ1) is 11.3. The third-order valence-electron chi connectivity index (χ3n) is 5.95. The van der Waals surface area contributed by atoms with Crippen LogP contribution in [0.15, 0.2) is 4.52 Å². The molecule has 3 heterocycles. The number of ether oxygens (including phenoxy) is 1. The molecule has 1 atom stereocenters. The highest BCUT2D eigenvalue weighted by molar-refractivity contribution is 4.94. The number of rotatable bonds is 4. The van der Waals surface area contributed by atoms with Gasteiger partial charge < -0.3 is 19.9 Å². The maximum atomic E-state index is 5.59. The molecule has 0 bridgehead atoms. The summed E-state index contributed by atoms with van der Waals surface area (Å²) < 4.78 is 10.9. The van der Waals surface area contributed by atoms with Crippen molar-refractivity contribution in [2.24, 2.45) is 5.41 Å². The molecule has 1 aliphatic carbocycles. The van der Waals surface area contributed by atoms with Crippen LogP contribution in [-0.4, -0.2) is 35.9 Å². The van der Waals surface area contributed by atoms with Gasteiger partial charge in [0.15, 0.2) is 5.82 Å². The van der Waals surface area contributed by atoms with Gasteiger partial charge in [-0.25, -0.2) is 0 Å². The standard InChI is InChI=1S/C17H28N4O2/c1-2-14(22-11-1)16-20-15(21-23-16)12-19-13-3-5-17(6-4-13)7-9-18-10-8-17/h13-14,18-19H,1-12H2/t14-/m0/s1. The van der Waals surface area contributed by atoms with Gasteiger partial charge in [-0.15, -0.1) is 0 Å². The zero-order valence-corrected chi connectivity index (χ0v) is 13.9. The fraction of sp³-hybridized carbons (Fsp3) is 0.882. The van der Waals surface area contributed by atoms with E-state index in [0.29, 0.717) is 23.9 Å². The second-order valence-electron chi connectivity index (χ2n) is 7.46. The molecule has 0 aromatic carbocycles. The van der Waals surface area contributed by atoms with Crippen molar-refractivity contribution in [1.29, 1.82) is 0 Å². The van der Waals surface area contributed by atoms with E-state index < -0.39 is 0 Å². The van der Waals surface area contributed by atoms with Crippen molar-refractivity contribution in [2.45, 2.75) is 70.1 Å². The van der Waals surface area contributed by atoms with Gasteiger partial charge in [-0.2, -0.15) is 4.98 Å². The van der Waals surface area contributed by atoms with E-state index in [9.17, 15) is 0 Å². The summed E-state index contributed by atoms with van der Waals surface area (Å²) in [6, 6.07) is 0.597. The number of hydrogen-bond donors (Lipinski definition) is 2. The number of aromatic nitrogens is 2. The Balaban J connectivity index is 1.24. The molecule has 6 heteroatoms. The van der Waals surface area contributed by atoms with E-state index in [-0.39, 0.29) is 6.10 Å². The van der Waals surface area contributed by atoms with Crippen LogP contribution in [0.2, 0.25) is 0 Å². The highest BCUT2D eigenvalue weighted by atomic mass is 16.5. The molecule has 2 N–H and O–H groups in total. The Morgan fingerprint density at radius 2 is 1.96 bits per heavy atom. The maximum Gasteiger partial charge on any atom is 0.255 e. The van der Waals surface area contributed by atoms with Gasteiger partial charge in [0.2, 0.25) is 0 Å². The van der Waals surface area contributed by atoms with Crippen LogP contribution in [0.4, 0.5) is 0 Å². The van der Waals surface area contributed by atoms with Crippen LogP contribution in [0.3, 0.4) is 0 Å². The fourth-order valence-electron chi connectivity index (χ4n) is 4.37. The minimum absolute atomic E-state index is 0.0192. The normalized spacial score (nSPS) is 28.4. The average molecular weight is 320 g/mol. The summed E-state index contributed by atoms with van der Waals surface area (Å²) in [5.74, 6) is 1.41. The predicted molar refractivity (Wildman–Crippen MR) is 85.9 cm³/mol. The molecule has 2 saturated heterocycles. The predicted octanol–water partition coefficient (Wildman–Crippen LogP) is 2.32. The van der Waals surface area contributed by atoms with Gasteiger partial charge in [0.05, 0.1) is 6.54 Å². The Labute approximate surface area is 137 Å². The monoisotopic (exact) mass is 320 g/mol. The van der Waals surface area contributed by atoms with Crippen LogP contribution in [0.25, 0.3) is 0 Å². The van der Waals surface area contributed by atoms with Crippen molar-refractivity contribution in [3.63, 3.8) is 0 Å². The molecule has 0 amide bonds. The van der Waals surface area contributed by atoms with Crippen LogP contribution in [-0.2, 0) is 11.3 Å². The summed E-state index contributed by atoms with van der Waals surface area (Å²) in [6.07, 6.45) is 10.1. The zero-order chi connectivity index (χ0) is 15.5. The van der Waals surface area contributed by atoms with Crippen LogP contribution in [0.5, 0.6) is 0 Å². The average Bonchev–Trinajstić information content (AvgIpc) is 3.27. The minimum Gasteiger partial charge on any atom is -0.368 e. The third kappa shape index (κ3) is 3.59. The largest absolute Gasteiger partial charge is 0.368 e. The topological polar surface area (TPSA) is 72.2 Å². The van der Waals surface area contributed by atoms with E-state index in [2.05, 4.69) is 20.8 Å². The Morgan fingerprint density at radius 3 is 2.70 bits per heavy atom.